The molecule has 1 atom stereocenters. The highest BCUT2D eigenvalue weighted by atomic mass is 19.1. The lowest BCUT2D eigenvalue weighted by atomic mass is 9.96. The molecule has 0 saturated heterocycles. The average molecular weight is 355 g/mol. The van der Waals surface area contributed by atoms with Crippen LogP contribution < -0.4 is 4.90 Å². The van der Waals surface area contributed by atoms with E-state index in [1.165, 1.54) is 49.4 Å². The van der Waals surface area contributed by atoms with E-state index in [1.807, 2.05) is 0 Å². The highest BCUT2D eigenvalue weighted by Gasteiger charge is 2.44. The number of anilines is 1. The number of nitrogens with zero attached hydrogens (tertiary/aromatic N) is 1. The van der Waals surface area contributed by atoms with Crippen LogP contribution in [0.2, 0.25) is 0 Å². The van der Waals surface area contributed by atoms with E-state index in [-0.39, 0.29) is 22.4 Å². The van der Waals surface area contributed by atoms with Crippen molar-refractivity contribution < 1.29 is 29.0 Å². The second kappa shape index (κ2) is 6.44. The van der Waals surface area contributed by atoms with Gasteiger partial charge >= 0.3 is 5.97 Å². The number of amides is 1. The van der Waals surface area contributed by atoms with Crippen LogP contribution in [0.4, 0.5) is 10.1 Å². The van der Waals surface area contributed by atoms with E-state index >= 15 is 0 Å². The molecule has 0 fully saturated rings. The lowest BCUT2D eigenvalue weighted by Gasteiger charge is -2.27. The Bertz CT molecular complexity index is 949. The quantitative estimate of drug-likeness (QED) is 0.879. The first-order valence-electron chi connectivity index (χ1n) is 7.68. The number of hydrogen-bond donors (Lipinski definition) is 2. The van der Waals surface area contributed by atoms with Crippen molar-refractivity contribution in [1.82, 2.24) is 0 Å². The maximum Gasteiger partial charge on any atom is 0.335 e. The zero-order chi connectivity index (χ0) is 19.0. The molecule has 1 aliphatic heterocycles. The Morgan fingerprint density at radius 2 is 1.69 bits per heavy atom. The summed E-state index contributed by atoms with van der Waals surface area (Å²) in [5.41, 5.74) is 0.0858. The van der Waals surface area contributed by atoms with Crippen LogP contribution in [0.15, 0.2) is 59.9 Å². The summed E-state index contributed by atoms with van der Waals surface area (Å²) in [7, 11) is 0. The first-order valence-corrected chi connectivity index (χ1v) is 7.68. The van der Waals surface area contributed by atoms with Crippen LogP contribution in [0.5, 0.6) is 0 Å². The maximum absolute atomic E-state index is 14.4. The zero-order valence-electron chi connectivity index (χ0n) is 13.6. The minimum atomic E-state index is -1.14. The van der Waals surface area contributed by atoms with E-state index in [9.17, 15) is 23.9 Å². The number of carbonyl (C=O) groups is 3. The fourth-order valence-corrected chi connectivity index (χ4v) is 2.99. The molecule has 26 heavy (non-hydrogen) atoms. The predicted molar refractivity (Wildman–Crippen MR) is 90.4 cm³/mol. The topological polar surface area (TPSA) is 94.9 Å². The molecular formula is C19H14FNO5. The number of Topliss-reactive ketones (excluding diaryl/α,β-unsaturated/α-hetero) is 1. The molecule has 2 aromatic rings. The van der Waals surface area contributed by atoms with Gasteiger partial charge in [0.05, 0.1) is 17.2 Å². The molecule has 3 rings (SSSR count). The predicted octanol–water partition coefficient (Wildman–Crippen LogP) is 3.01. The van der Waals surface area contributed by atoms with Crippen LogP contribution in [-0.2, 0) is 9.59 Å². The first-order chi connectivity index (χ1) is 12.3. The monoisotopic (exact) mass is 355 g/mol. The van der Waals surface area contributed by atoms with Crippen LogP contribution in [0.25, 0.3) is 0 Å². The molecule has 1 aliphatic rings. The van der Waals surface area contributed by atoms with E-state index in [0.717, 1.165) is 4.90 Å². The van der Waals surface area contributed by atoms with Gasteiger partial charge in [0.25, 0.3) is 5.91 Å². The number of aliphatic hydroxyl groups is 1. The zero-order valence-corrected chi connectivity index (χ0v) is 13.6. The summed E-state index contributed by atoms with van der Waals surface area (Å²) >= 11 is 0. The maximum atomic E-state index is 14.4. The van der Waals surface area contributed by atoms with Crippen LogP contribution in [0.1, 0.15) is 28.9 Å². The van der Waals surface area contributed by atoms with E-state index in [4.69, 9.17) is 5.11 Å². The summed E-state index contributed by atoms with van der Waals surface area (Å²) in [6.07, 6.45) is 0. The summed E-state index contributed by atoms with van der Waals surface area (Å²) in [6, 6.07) is 9.80. The highest BCUT2D eigenvalue weighted by Crippen LogP contribution is 2.41. The second-order valence-electron chi connectivity index (χ2n) is 5.77. The molecule has 0 aromatic heterocycles. The van der Waals surface area contributed by atoms with Crippen molar-refractivity contribution in [1.29, 1.82) is 0 Å². The first kappa shape index (κ1) is 17.3. The van der Waals surface area contributed by atoms with Crippen molar-refractivity contribution in [2.45, 2.75) is 13.0 Å². The SMILES string of the molecule is CC(=O)C1=C(O)C(=O)N(c2ccc(C(=O)O)cc2)C1c1ccccc1F. The van der Waals surface area contributed by atoms with Gasteiger partial charge in [-0.2, -0.15) is 0 Å². The molecule has 1 unspecified atom stereocenters. The highest BCUT2D eigenvalue weighted by molar-refractivity contribution is 6.16. The van der Waals surface area contributed by atoms with Crippen molar-refractivity contribution in [3.8, 4) is 0 Å². The number of carbonyl (C=O) groups excluding carboxylic acids is 2. The summed E-state index contributed by atoms with van der Waals surface area (Å²) in [5.74, 6) is -3.93. The largest absolute Gasteiger partial charge is 0.503 e. The Balaban J connectivity index is 2.17. The molecule has 1 amide bonds. The van der Waals surface area contributed by atoms with E-state index in [2.05, 4.69) is 0 Å². The van der Waals surface area contributed by atoms with Crippen molar-refractivity contribution >= 4 is 23.3 Å². The number of halogens is 1. The lowest BCUT2D eigenvalue weighted by Crippen LogP contribution is -2.31. The molecule has 7 heteroatoms. The third-order valence-electron chi connectivity index (χ3n) is 4.18. The van der Waals surface area contributed by atoms with Gasteiger partial charge in [-0.15, -0.1) is 0 Å². The number of benzene rings is 2. The van der Waals surface area contributed by atoms with Crippen molar-refractivity contribution in [2.24, 2.45) is 0 Å². The van der Waals surface area contributed by atoms with Crippen molar-refractivity contribution in [3.63, 3.8) is 0 Å². The fraction of sp³-hybridized carbons (Fsp3) is 0.105. The van der Waals surface area contributed by atoms with Gasteiger partial charge in [-0.05, 0) is 37.3 Å². The van der Waals surface area contributed by atoms with E-state index < -0.39 is 35.3 Å². The molecule has 0 spiro atoms. The number of aromatic carboxylic acids is 1. The van der Waals surface area contributed by atoms with Gasteiger partial charge in [-0.3, -0.25) is 14.5 Å². The molecule has 2 aromatic carbocycles. The van der Waals surface area contributed by atoms with Crippen LogP contribution in [0, 0.1) is 5.82 Å². The normalized spacial score (nSPS) is 16.9. The molecule has 0 saturated carbocycles. The molecule has 0 bridgehead atoms. The average Bonchev–Trinajstić information content (AvgIpc) is 2.87. The summed E-state index contributed by atoms with van der Waals surface area (Å²) in [4.78, 5) is 36.7. The van der Waals surface area contributed by atoms with Crippen LogP contribution >= 0.6 is 0 Å². The van der Waals surface area contributed by atoms with Gasteiger partial charge in [0.15, 0.2) is 11.5 Å². The van der Waals surface area contributed by atoms with Crippen molar-refractivity contribution in [2.75, 3.05) is 4.90 Å². The Labute approximate surface area is 147 Å². The smallest absolute Gasteiger partial charge is 0.335 e. The lowest BCUT2D eigenvalue weighted by molar-refractivity contribution is -0.117. The number of hydrogen-bond acceptors (Lipinski definition) is 4. The van der Waals surface area contributed by atoms with E-state index in [1.54, 1.807) is 6.07 Å². The fourth-order valence-electron chi connectivity index (χ4n) is 2.99. The second-order valence-corrected chi connectivity index (χ2v) is 5.77. The number of carboxylic acids is 1. The molecule has 132 valence electrons. The Morgan fingerprint density at radius 1 is 1.08 bits per heavy atom. The Hall–Kier alpha value is -3.48. The number of aliphatic hydroxyl groups excluding tert-OH is 1. The van der Waals surface area contributed by atoms with Crippen molar-refractivity contribution in [3.05, 3.63) is 76.8 Å². The molecule has 2 N–H and O–H groups in total. The minimum Gasteiger partial charge on any atom is -0.503 e. The summed E-state index contributed by atoms with van der Waals surface area (Å²) in [5, 5.41) is 19.2. The third-order valence-corrected chi connectivity index (χ3v) is 4.18. The third kappa shape index (κ3) is 2.73. The molecule has 0 aliphatic carbocycles. The minimum absolute atomic E-state index is 0.00631. The molecule has 6 nitrogen and oxygen atoms in total. The van der Waals surface area contributed by atoms with E-state index in [0.29, 0.717) is 0 Å². The number of ketones is 1. The van der Waals surface area contributed by atoms with Crippen LogP contribution in [-0.4, -0.2) is 27.9 Å². The standard InChI is InChI=1S/C19H14FNO5/c1-10(22)15-16(13-4-2-3-5-14(13)20)21(18(24)17(15)23)12-8-6-11(7-9-12)19(25)26/h2-9,16,23H,1H3,(H,25,26). The molecule has 0 radical (unpaired) electrons. The van der Waals surface area contributed by atoms with Gasteiger partial charge in [-0.25, -0.2) is 9.18 Å². The Morgan fingerprint density at radius 3 is 2.23 bits per heavy atom. The van der Waals surface area contributed by atoms with Gasteiger partial charge < -0.3 is 10.2 Å². The summed E-state index contributed by atoms with van der Waals surface area (Å²) in [6.45, 7) is 1.18. The van der Waals surface area contributed by atoms with Gasteiger partial charge in [0.1, 0.15) is 5.82 Å². The molecular weight excluding hydrogens is 341 g/mol. The number of carboxylic acid groups (broad SMARTS) is 1. The number of rotatable bonds is 4. The molecule has 1 heterocycles. The van der Waals surface area contributed by atoms with Gasteiger partial charge in [0, 0.05) is 11.3 Å². The van der Waals surface area contributed by atoms with Gasteiger partial charge in [-0.1, -0.05) is 18.2 Å². The van der Waals surface area contributed by atoms with Gasteiger partial charge in [0.2, 0.25) is 0 Å². The van der Waals surface area contributed by atoms with Crippen LogP contribution in [0.3, 0.4) is 0 Å². The Kier molecular flexibility index (Phi) is 4.29. The summed E-state index contributed by atoms with van der Waals surface area (Å²) < 4.78 is 14.4.